The topological polar surface area (TPSA) is 45.2 Å². The molecule has 94 valence electrons. The molecule has 0 fully saturated rings. The van der Waals surface area contributed by atoms with Crippen molar-refractivity contribution in [2.24, 2.45) is 4.99 Å². The van der Waals surface area contributed by atoms with Crippen molar-refractivity contribution in [3.63, 3.8) is 0 Å². The third kappa shape index (κ3) is 4.22. The van der Waals surface area contributed by atoms with E-state index >= 15 is 0 Å². The monoisotopic (exact) mass is 260 g/mol. The summed E-state index contributed by atoms with van der Waals surface area (Å²) in [5, 5.41) is 2.59. The molecule has 0 spiro atoms. The van der Waals surface area contributed by atoms with E-state index in [4.69, 9.17) is 7.85 Å². The zero-order chi connectivity index (χ0) is 13.5. The van der Waals surface area contributed by atoms with E-state index in [1.165, 1.54) is 0 Å². The normalized spacial score (nSPS) is 14.3. The molecule has 0 aliphatic heterocycles. The molecule has 0 aliphatic rings. The van der Waals surface area contributed by atoms with Crippen molar-refractivity contribution in [2.45, 2.75) is 26.7 Å². The number of nitrogens with one attached hydrogen (secondary N) is 1. The summed E-state index contributed by atoms with van der Waals surface area (Å²) in [7, 11) is 5.63. The van der Waals surface area contributed by atoms with Crippen LogP contribution < -0.4 is 21.6 Å². The number of hydrogen-bond donors (Lipinski definition) is 1. The van der Waals surface area contributed by atoms with Crippen molar-refractivity contribution in [1.82, 2.24) is 4.98 Å². The molecule has 0 aliphatic carbocycles. The first-order valence-corrected chi connectivity index (χ1v) is 7.08. The minimum absolute atomic E-state index is 0.215. The number of pyridine rings is 1. The lowest BCUT2D eigenvalue weighted by Gasteiger charge is -1.95. The summed E-state index contributed by atoms with van der Waals surface area (Å²) in [6.07, 6.45) is 7.64. The fourth-order valence-electron chi connectivity index (χ4n) is 1.35. The first kappa shape index (κ1) is 14.8. The van der Waals surface area contributed by atoms with Gasteiger partial charge in [0.1, 0.15) is 7.85 Å². The largest absolute Gasteiger partial charge is 0.323 e. The molecule has 1 aromatic heterocycles. The van der Waals surface area contributed by atoms with Gasteiger partial charge in [0.15, 0.2) is 0 Å². The smallest absolute Gasteiger partial charge is 0.241 e. The van der Waals surface area contributed by atoms with Gasteiger partial charge < -0.3 is 4.98 Å². The van der Waals surface area contributed by atoms with Gasteiger partial charge in [-0.2, -0.15) is 0 Å². The Morgan fingerprint density at radius 1 is 1.61 bits per heavy atom. The van der Waals surface area contributed by atoms with E-state index in [-0.39, 0.29) is 11.0 Å². The highest BCUT2D eigenvalue weighted by molar-refractivity contribution is 8.13. The molecule has 1 rings (SSSR count). The highest BCUT2D eigenvalue weighted by Gasteiger charge is 1.94. The lowest BCUT2D eigenvalue weighted by Crippen LogP contribution is -2.42. The van der Waals surface area contributed by atoms with Crippen molar-refractivity contribution in [1.29, 1.82) is 0 Å². The number of hydrogen-bond acceptors (Lipinski definition) is 3. The van der Waals surface area contributed by atoms with Crippen molar-refractivity contribution in [3.05, 3.63) is 27.0 Å². The summed E-state index contributed by atoms with van der Waals surface area (Å²) in [4.78, 5) is 18.6. The van der Waals surface area contributed by atoms with Crippen LogP contribution in [0, 0.1) is 0 Å². The van der Waals surface area contributed by atoms with E-state index in [1.807, 2.05) is 19.3 Å². The number of unbranched alkanes of at least 4 members (excludes halogenated alkanes) is 1. The molecular formula is C13H17BN2OS. The Morgan fingerprint density at radius 3 is 2.94 bits per heavy atom. The number of rotatable bonds is 3. The van der Waals surface area contributed by atoms with Crippen LogP contribution in [0.4, 0.5) is 0 Å². The molecule has 2 radical (unpaired) electrons. The van der Waals surface area contributed by atoms with Crippen LogP contribution in [-0.4, -0.2) is 24.1 Å². The van der Waals surface area contributed by atoms with Gasteiger partial charge in [0.05, 0.1) is 5.04 Å². The maximum atomic E-state index is 11.5. The number of aliphatic imine (C=N–C) groups is 1. The predicted octanol–water partition coefficient (Wildman–Crippen LogP) is 0.269. The van der Waals surface area contributed by atoms with Gasteiger partial charge in [-0.25, -0.2) is 0 Å². The van der Waals surface area contributed by atoms with Gasteiger partial charge in [0.25, 0.3) is 0 Å². The molecule has 0 atom stereocenters. The van der Waals surface area contributed by atoms with E-state index in [2.05, 4.69) is 16.9 Å². The number of thioether (sulfide) groups is 1. The molecule has 18 heavy (non-hydrogen) atoms. The molecule has 0 aromatic carbocycles. The van der Waals surface area contributed by atoms with E-state index in [9.17, 15) is 4.79 Å². The van der Waals surface area contributed by atoms with Crippen LogP contribution >= 0.6 is 11.8 Å². The van der Waals surface area contributed by atoms with E-state index in [0.29, 0.717) is 0 Å². The standard InChI is InChI=1S/C13H17BN2OS/c1-4-5-6-12-10(8-15-9(2)18-3)7-11(14)13(17)16-12/h6-8H,4-5H2,1-3H3,(H,16,17)/b10-8-,12-6-,15-9?. The second kappa shape index (κ2) is 7.26. The Hall–Kier alpha value is -1.23. The lowest BCUT2D eigenvalue weighted by molar-refractivity contribution is 0.983. The van der Waals surface area contributed by atoms with Crippen molar-refractivity contribution >= 4 is 42.4 Å². The van der Waals surface area contributed by atoms with Crippen LogP contribution in [0.3, 0.4) is 0 Å². The van der Waals surface area contributed by atoms with Gasteiger partial charge in [-0.1, -0.05) is 25.5 Å². The van der Waals surface area contributed by atoms with Gasteiger partial charge in [-0.15, -0.1) is 11.8 Å². The lowest BCUT2D eigenvalue weighted by atomic mass is 9.98. The minimum atomic E-state index is -0.250. The summed E-state index contributed by atoms with van der Waals surface area (Å²) in [5.41, 5.74) is -0.0352. The third-order valence-corrected chi connectivity index (χ3v) is 3.15. The maximum Gasteiger partial charge on any atom is 0.241 e. The molecule has 3 nitrogen and oxygen atoms in total. The summed E-state index contributed by atoms with van der Waals surface area (Å²) in [6, 6.07) is 1.66. The molecule has 0 amide bonds. The van der Waals surface area contributed by atoms with E-state index < -0.39 is 0 Å². The third-order valence-electron chi connectivity index (χ3n) is 2.45. The zero-order valence-electron chi connectivity index (χ0n) is 11.0. The highest BCUT2D eigenvalue weighted by atomic mass is 32.2. The Kier molecular flexibility index (Phi) is 5.99. The number of aromatic nitrogens is 1. The Bertz CT molecular complexity index is 604. The second-order valence-corrected chi connectivity index (χ2v) is 4.90. The van der Waals surface area contributed by atoms with Crippen LogP contribution in [0.25, 0.3) is 12.3 Å². The SMILES string of the molecule is [B]c1cc(=C/N=C(C)SC)/c(=C/CCC)[nH]c1=O. The van der Waals surface area contributed by atoms with Gasteiger partial charge >= 0.3 is 0 Å². The van der Waals surface area contributed by atoms with Gasteiger partial charge in [-0.3, -0.25) is 9.79 Å². The Balaban J connectivity index is 3.42. The molecule has 0 bridgehead atoms. The van der Waals surface area contributed by atoms with Crippen molar-refractivity contribution < 1.29 is 0 Å². The first-order valence-electron chi connectivity index (χ1n) is 5.86. The fourth-order valence-corrected chi connectivity index (χ4v) is 1.51. The Labute approximate surface area is 113 Å². The predicted molar refractivity (Wildman–Crippen MR) is 82.2 cm³/mol. The van der Waals surface area contributed by atoms with Crippen LogP contribution in [0.2, 0.25) is 0 Å². The molecule has 1 heterocycles. The average molecular weight is 260 g/mol. The summed E-state index contributed by atoms with van der Waals surface area (Å²) < 4.78 is 0. The van der Waals surface area contributed by atoms with Crippen LogP contribution in [0.1, 0.15) is 26.7 Å². The molecule has 5 heteroatoms. The molecular weight excluding hydrogens is 243 g/mol. The van der Waals surface area contributed by atoms with E-state index in [0.717, 1.165) is 28.5 Å². The zero-order valence-corrected chi connectivity index (χ0v) is 11.8. The molecule has 0 saturated heterocycles. The summed E-state index contributed by atoms with van der Waals surface area (Å²) >= 11 is 1.58. The Morgan fingerprint density at radius 2 is 2.33 bits per heavy atom. The molecule has 1 aromatic rings. The van der Waals surface area contributed by atoms with Crippen LogP contribution in [0.15, 0.2) is 15.9 Å². The number of H-pyrrole nitrogens is 1. The maximum absolute atomic E-state index is 11.5. The number of nitrogens with zero attached hydrogens (tertiary/aromatic N) is 1. The molecule has 0 unspecified atom stereocenters. The fraction of sp³-hybridized carbons (Fsp3) is 0.385. The quantitative estimate of drug-likeness (QED) is 0.481. The highest BCUT2D eigenvalue weighted by Crippen LogP contribution is 1.95. The van der Waals surface area contributed by atoms with Gasteiger partial charge in [0.2, 0.25) is 5.56 Å². The molecule has 1 N–H and O–H groups in total. The molecule has 0 saturated carbocycles. The van der Waals surface area contributed by atoms with Gasteiger partial charge in [-0.05, 0) is 25.1 Å². The van der Waals surface area contributed by atoms with E-state index in [1.54, 1.807) is 24.0 Å². The van der Waals surface area contributed by atoms with Crippen molar-refractivity contribution in [3.8, 4) is 0 Å². The summed E-state index contributed by atoms with van der Waals surface area (Å²) in [6.45, 7) is 4.02. The minimum Gasteiger partial charge on any atom is -0.323 e. The van der Waals surface area contributed by atoms with Crippen LogP contribution in [0.5, 0.6) is 0 Å². The second-order valence-electron chi connectivity index (χ2n) is 3.90. The van der Waals surface area contributed by atoms with Gasteiger partial charge in [0, 0.05) is 16.8 Å². The number of aromatic amines is 1. The van der Waals surface area contributed by atoms with Crippen molar-refractivity contribution in [2.75, 3.05) is 6.26 Å². The average Bonchev–Trinajstić information content (AvgIpc) is 2.37. The van der Waals surface area contributed by atoms with Crippen LogP contribution in [-0.2, 0) is 0 Å². The first-order chi connectivity index (χ1) is 8.58. The summed E-state index contributed by atoms with van der Waals surface area (Å²) in [5.74, 6) is 0.